The molecule has 0 aliphatic heterocycles. The molecule has 0 fully saturated rings. The fraction of sp³-hybridized carbons (Fsp3) is 0.680. The number of rotatable bonds is 2. The Bertz CT molecular complexity index is 593. The van der Waals surface area contributed by atoms with Gasteiger partial charge in [0.2, 0.25) is 0 Å². The topological polar surface area (TPSA) is 12.4 Å². The minimum Gasteiger partial charge on any atom is -0.270 e. The first kappa shape index (κ1) is 30.1. The first-order valence-corrected chi connectivity index (χ1v) is 11.9. The van der Waals surface area contributed by atoms with E-state index in [2.05, 4.69) is 114 Å². The van der Waals surface area contributed by atoms with Crippen LogP contribution in [0.1, 0.15) is 89.5 Å². The summed E-state index contributed by atoms with van der Waals surface area (Å²) in [5.74, 6) is 0. The smallest absolute Gasteiger partial charge is 0.0425 e. The molecule has 0 amide bonds. The average Bonchev–Trinajstić information content (AvgIpc) is 2.91. The summed E-state index contributed by atoms with van der Waals surface area (Å²) in [5, 5.41) is 0.646. The predicted octanol–water partition coefficient (Wildman–Crippen LogP) is 9.20. The van der Waals surface area contributed by atoms with Gasteiger partial charge in [0, 0.05) is 33.8 Å². The number of nitrogens with zero attached hydrogens (tertiary/aromatic N) is 1. The van der Waals surface area contributed by atoms with Gasteiger partial charge in [0.25, 0.3) is 0 Å². The van der Waals surface area contributed by atoms with Crippen LogP contribution in [0.2, 0.25) is 0 Å². The molecule has 0 aromatic heterocycles. The van der Waals surface area contributed by atoms with Crippen molar-refractivity contribution >= 4 is 7.05 Å². The zero-order chi connectivity index (χ0) is 21.7. The van der Waals surface area contributed by atoms with E-state index < -0.39 is 7.05 Å². The van der Waals surface area contributed by atoms with Crippen molar-refractivity contribution in [1.82, 2.24) is 0 Å². The van der Waals surface area contributed by atoms with Crippen LogP contribution in [0.5, 0.6) is 0 Å². The SMILES string of the molecule is C=CC=CC(C)(C)C.CC(C)(C)P(=NC1=CC=CC1)(C(C)(C)C)C(C)(C)C.[Ti]. The van der Waals surface area contributed by atoms with Crippen molar-refractivity contribution in [3.8, 4) is 0 Å². The van der Waals surface area contributed by atoms with E-state index in [9.17, 15) is 0 Å². The first-order valence-electron chi connectivity index (χ1n) is 10.2. The van der Waals surface area contributed by atoms with Gasteiger partial charge >= 0.3 is 0 Å². The molecule has 0 unspecified atom stereocenters. The van der Waals surface area contributed by atoms with Gasteiger partial charge in [-0.2, -0.15) is 0 Å². The van der Waals surface area contributed by atoms with Gasteiger partial charge < -0.3 is 0 Å². The second-order valence-electron chi connectivity index (χ2n) is 11.5. The molecule has 1 aliphatic carbocycles. The summed E-state index contributed by atoms with van der Waals surface area (Å²) in [6.07, 6.45) is 13.4. The largest absolute Gasteiger partial charge is 0.270 e. The molecule has 160 valence electrons. The van der Waals surface area contributed by atoms with Crippen LogP contribution in [0.15, 0.2) is 53.5 Å². The zero-order valence-corrected chi connectivity index (χ0v) is 23.2. The van der Waals surface area contributed by atoms with Crippen molar-refractivity contribution in [3.63, 3.8) is 0 Å². The van der Waals surface area contributed by atoms with Crippen molar-refractivity contribution < 1.29 is 21.7 Å². The molecule has 1 rings (SSSR count). The molecule has 0 aromatic carbocycles. The Morgan fingerprint density at radius 1 is 0.857 bits per heavy atom. The fourth-order valence-corrected chi connectivity index (χ4v) is 12.0. The van der Waals surface area contributed by atoms with E-state index in [1.54, 1.807) is 6.08 Å². The standard InChI is InChI=1S/C17H32NP.C8H14.Ti/c1-15(2,3)19(16(4,5)6,17(7,8)9)18-14-12-10-11-13-14;1-5-6-7-8(2,3)4;/h10-12H,13H2,1-9H3;5-7H,1H2,2-4H3;. The van der Waals surface area contributed by atoms with Gasteiger partial charge in [-0.25, -0.2) is 0 Å². The van der Waals surface area contributed by atoms with Gasteiger partial charge in [-0.3, -0.25) is 4.74 Å². The molecule has 0 bridgehead atoms. The van der Waals surface area contributed by atoms with Crippen molar-refractivity contribution in [2.75, 3.05) is 0 Å². The third-order valence-corrected chi connectivity index (χ3v) is 11.1. The third-order valence-electron chi connectivity index (χ3n) is 4.67. The van der Waals surface area contributed by atoms with Crippen LogP contribution in [0.25, 0.3) is 0 Å². The molecule has 0 radical (unpaired) electrons. The van der Waals surface area contributed by atoms with Crippen molar-refractivity contribution in [1.29, 1.82) is 0 Å². The van der Waals surface area contributed by atoms with Crippen molar-refractivity contribution in [3.05, 3.63) is 48.7 Å². The summed E-state index contributed by atoms with van der Waals surface area (Å²) < 4.78 is 5.43. The average molecular weight is 439 g/mol. The zero-order valence-electron chi connectivity index (χ0n) is 20.8. The minimum atomic E-state index is -1.58. The normalized spacial score (nSPS) is 15.5. The first-order chi connectivity index (χ1) is 11.9. The second kappa shape index (κ2) is 10.8. The maximum absolute atomic E-state index is 5.43. The Balaban J connectivity index is 0. The van der Waals surface area contributed by atoms with Gasteiger partial charge in [-0.15, -0.1) is 0 Å². The monoisotopic (exact) mass is 439 g/mol. The molecule has 0 aromatic rings. The summed E-state index contributed by atoms with van der Waals surface area (Å²) >= 11 is 0. The number of allylic oxidation sites excluding steroid dienone is 6. The van der Waals surface area contributed by atoms with Gasteiger partial charge in [-0.05, 0) is 34.0 Å². The fourth-order valence-electron chi connectivity index (χ4n) is 4.53. The third kappa shape index (κ3) is 8.34. The summed E-state index contributed by atoms with van der Waals surface area (Å²) in [4.78, 5) is 0. The van der Waals surface area contributed by atoms with E-state index >= 15 is 0 Å². The van der Waals surface area contributed by atoms with Crippen LogP contribution in [0.3, 0.4) is 0 Å². The Morgan fingerprint density at radius 2 is 1.29 bits per heavy atom. The van der Waals surface area contributed by atoms with E-state index in [0.717, 1.165) is 6.42 Å². The van der Waals surface area contributed by atoms with E-state index in [1.807, 2.05) is 6.08 Å². The Labute approximate surface area is 192 Å². The number of hydrogen-bond acceptors (Lipinski definition) is 1. The minimum absolute atomic E-state index is 0. The molecule has 1 nitrogen and oxygen atoms in total. The Morgan fingerprint density at radius 3 is 1.50 bits per heavy atom. The van der Waals surface area contributed by atoms with E-state index in [4.69, 9.17) is 4.74 Å². The van der Waals surface area contributed by atoms with E-state index in [1.165, 1.54) is 5.70 Å². The maximum Gasteiger partial charge on any atom is 0.0425 e. The quantitative estimate of drug-likeness (QED) is 0.231. The molecule has 3 heteroatoms. The predicted molar refractivity (Wildman–Crippen MR) is 129 cm³/mol. The molecule has 0 saturated heterocycles. The van der Waals surface area contributed by atoms with E-state index in [-0.39, 0.29) is 37.2 Å². The van der Waals surface area contributed by atoms with Crippen LogP contribution in [0, 0.1) is 5.41 Å². The molecular formula is C25H46NPTi. The molecule has 0 N–H and O–H groups in total. The number of hydrogen-bond donors (Lipinski definition) is 0. The summed E-state index contributed by atoms with van der Waals surface area (Å²) in [5.41, 5.74) is 1.57. The van der Waals surface area contributed by atoms with Crippen molar-refractivity contribution in [2.45, 2.75) is 105 Å². The summed E-state index contributed by atoms with van der Waals surface area (Å²) in [7, 11) is -1.58. The van der Waals surface area contributed by atoms with Crippen LogP contribution >= 0.6 is 7.05 Å². The van der Waals surface area contributed by atoms with Gasteiger partial charge in [0.1, 0.15) is 0 Å². The van der Waals surface area contributed by atoms with Crippen molar-refractivity contribution in [2.24, 2.45) is 10.2 Å². The van der Waals surface area contributed by atoms with Crippen LogP contribution in [-0.2, 0) is 21.7 Å². The van der Waals surface area contributed by atoms with Gasteiger partial charge in [0.05, 0.1) is 0 Å². The van der Waals surface area contributed by atoms with Gasteiger partial charge in [0.15, 0.2) is 0 Å². The molecular weight excluding hydrogens is 393 g/mol. The molecule has 0 atom stereocenters. The van der Waals surface area contributed by atoms with Gasteiger partial charge in [-0.1, -0.05) is 120 Å². The Hall–Kier alpha value is -0.0957. The molecule has 0 heterocycles. The van der Waals surface area contributed by atoms with Crippen LogP contribution < -0.4 is 0 Å². The summed E-state index contributed by atoms with van der Waals surface area (Å²) in [6, 6.07) is 0. The van der Waals surface area contributed by atoms with Crippen LogP contribution in [0.4, 0.5) is 0 Å². The summed E-state index contributed by atoms with van der Waals surface area (Å²) in [6.45, 7) is 31.5. The Kier molecular flexibility index (Phi) is 11.6. The molecule has 1 aliphatic rings. The molecule has 0 spiro atoms. The maximum atomic E-state index is 5.43. The van der Waals surface area contributed by atoms with Crippen LogP contribution in [-0.4, -0.2) is 15.5 Å². The second-order valence-corrected chi connectivity index (χ2v) is 17.0. The molecule has 28 heavy (non-hydrogen) atoms. The molecule has 0 saturated carbocycles. The van der Waals surface area contributed by atoms with E-state index in [0.29, 0.717) is 5.41 Å².